The Balaban J connectivity index is 2.33. The first-order valence-corrected chi connectivity index (χ1v) is 6.28. The average molecular weight is 254 g/mol. The van der Waals surface area contributed by atoms with E-state index in [4.69, 9.17) is 4.74 Å². The van der Waals surface area contributed by atoms with Gasteiger partial charge < -0.3 is 4.74 Å². The highest BCUT2D eigenvalue weighted by Gasteiger charge is 2.29. The second-order valence-corrected chi connectivity index (χ2v) is 4.96. The molecule has 7 heteroatoms. The summed E-state index contributed by atoms with van der Waals surface area (Å²) in [7, 11) is 0. The van der Waals surface area contributed by atoms with E-state index < -0.39 is 0 Å². The SMILES string of the molecule is CCOC(=O)C(c1nn2cnnc2s1)C(C)C. The van der Waals surface area contributed by atoms with Crippen molar-refractivity contribution in [2.24, 2.45) is 5.92 Å². The van der Waals surface area contributed by atoms with Crippen molar-refractivity contribution in [2.45, 2.75) is 26.7 Å². The predicted molar refractivity (Wildman–Crippen MR) is 62.9 cm³/mol. The Morgan fingerprint density at radius 3 is 2.94 bits per heavy atom. The number of rotatable bonds is 4. The molecule has 1 atom stereocenters. The largest absolute Gasteiger partial charge is 0.465 e. The quantitative estimate of drug-likeness (QED) is 0.773. The lowest BCUT2D eigenvalue weighted by molar-refractivity contribution is -0.146. The lowest BCUT2D eigenvalue weighted by Gasteiger charge is -2.15. The summed E-state index contributed by atoms with van der Waals surface area (Å²) >= 11 is 1.37. The molecular formula is C10H14N4O2S. The smallest absolute Gasteiger partial charge is 0.316 e. The first-order chi connectivity index (χ1) is 8.13. The van der Waals surface area contributed by atoms with Gasteiger partial charge in [0.15, 0.2) is 0 Å². The standard InChI is InChI=1S/C10H14N4O2S/c1-4-16-9(15)7(6(2)3)8-13-14-5-11-12-10(14)17-8/h5-7H,4H2,1-3H3. The number of fused-ring (bicyclic) bond motifs is 1. The molecule has 2 heterocycles. The molecule has 0 aliphatic rings. The van der Waals surface area contributed by atoms with E-state index in [1.54, 1.807) is 11.4 Å². The van der Waals surface area contributed by atoms with Crippen LogP contribution in [0.3, 0.4) is 0 Å². The highest BCUT2D eigenvalue weighted by molar-refractivity contribution is 7.16. The van der Waals surface area contributed by atoms with E-state index in [1.807, 2.05) is 13.8 Å². The molecule has 2 rings (SSSR count). The minimum absolute atomic E-state index is 0.137. The number of nitrogens with zero attached hydrogens (tertiary/aromatic N) is 4. The molecular weight excluding hydrogens is 240 g/mol. The summed E-state index contributed by atoms with van der Waals surface area (Å²) in [5, 5.41) is 12.7. The fourth-order valence-corrected chi connectivity index (χ4v) is 2.67. The van der Waals surface area contributed by atoms with Gasteiger partial charge in [-0.1, -0.05) is 25.2 Å². The van der Waals surface area contributed by atoms with Crippen LogP contribution in [0.4, 0.5) is 0 Å². The fourth-order valence-electron chi connectivity index (χ4n) is 1.59. The summed E-state index contributed by atoms with van der Waals surface area (Å²) in [6.45, 7) is 6.13. The van der Waals surface area contributed by atoms with Crippen LogP contribution in [-0.2, 0) is 9.53 Å². The van der Waals surface area contributed by atoms with Crippen LogP contribution in [0.15, 0.2) is 6.33 Å². The Hall–Kier alpha value is -1.50. The molecule has 0 bridgehead atoms. The van der Waals surface area contributed by atoms with Crippen LogP contribution in [0.2, 0.25) is 0 Å². The number of ether oxygens (including phenoxy) is 1. The highest BCUT2D eigenvalue weighted by atomic mass is 32.1. The van der Waals surface area contributed by atoms with Gasteiger partial charge in [-0.25, -0.2) is 0 Å². The molecule has 0 aliphatic heterocycles. The van der Waals surface area contributed by atoms with Gasteiger partial charge in [-0.2, -0.15) is 9.61 Å². The molecule has 1 unspecified atom stereocenters. The van der Waals surface area contributed by atoms with Gasteiger partial charge in [-0.15, -0.1) is 10.2 Å². The van der Waals surface area contributed by atoms with Gasteiger partial charge in [0, 0.05) is 0 Å². The lowest BCUT2D eigenvalue weighted by Crippen LogP contribution is -2.21. The second kappa shape index (κ2) is 4.79. The Kier molecular flexibility index (Phi) is 3.37. The van der Waals surface area contributed by atoms with Gasteiger partial charge in [-0.05, 0) is 12.8 Å². The van der Waals surface area contributed by atoms with Gasteiger partial charge in [0.25, 0.3) is 0 Å². The van der Waals surface area contributed by atoms with Crippen molar-refractivity contribution in [3.8, 4) is 0 Å². The maximum Gasteiger partial charge on any atom is 0.316 e. The molecule has 0 radical (unpaired) electrons. The number of hydrogen-bond acceptors (Lipinski definition) is 6. The van der Waals surface area contributed by atoms with Crippen molar-refractivity contribution < 1.29 is 9.53 Å². The number of esters is 1. The zero-order chi connectivity index (χ0) is 12.4. The number of aromatic nitrogens is 4. The Bertz CT molecular complexity index is 491. The molecule has 2 aromatic rings. The topological polar surface area (TPSA) is 69.4 Å². The van der Waals surface area contributed by atoms with Gasteiger partial charge in [0.05, 0.1) is 6.61 Å². The molecule has 92 valence electrons. The molecule has 0 amide bonds. The van der Waals surface area contributed by atoms with Gasteiger partial charge >= 0.3 is 5.97 Å². The zero-order valence-corrected chi connectivity index (χ0v) is 10.8. The van der Waals surface area contributed by atoms with Gasteiger partial charge in [0.2, 0.25) is 4.96 Å². The van der Waals surface area contributed by atoms with Crippen molar-refractivity contribution >= 4 is 22.3 Å². The van der Waals surface area contributed by atoms with Crippen molar-refractivity contribution in [1.29, 1.82) is 0 Å². The third-order valence-electron chi connectivity index (χ3n) is 2.38. The molecule has 17 heavy (non-hydrogen) atoms. The Labute approximate surface area is 103 Å². The van der Waals surface area contributed by atoms with E-state index in [-0.39, 0.29) is 17.8 Å². The first-order valence-electron chi connectivity index (χ1n) is 5.46. The number of carbonyl (C=O) groups excluding carboxylic acids is 1. The van der Waals surface area contributed by atoms with E-state index >= 15 is 0 Å². The van der Waals surface area contributed by atoms with Crippen LogP contribution in [0.25, 0.3) is 4.96 Å². The van der Waals surface area contributed by atoms with Crippen LogP contribution in [-0.4, -0.2) is 32.4 Å². The number of carbonyl (C=O) groups is 1. The van der Waals surface area contributed by atoms with E-state index in [9.17, 15) is 4.79 Å². The molecule has 0 aromatic carbocycles. The Morgan fingerprint density at radius 1 is 1.59 bits per heavy atom. The lowest BCUT2D eigenvalue weighted by atomic mass is 9.97. The molecule has 6 nitrogen and oxygen atoms in total. The molecule has 2 aromatic heterocycles. The highest BCUT2D eigenvalue weighted by Crippen LogP contribution is 2.29. The molecule has 0 spiro atoms. The van der Waals surface area contributed by atoms with Crippen LogP contribution in [0.1, 0.15) is 31.7 Å². The van der Waals surface area contributed by atoms with Crippen molar-refractivity contribution in [3.05, 3.63) is 11.3 Å². The summed E-state index contributed by atoms with van der Waals surface area (Å²) in [4.78, 5) is 12.6. The first kappa shape index (κ1) is 12.0. The maximum absolute atomic E-state index is 11.9. The molecule has 0 aliphatic carbocycles. The Morgan fingerprint density at radius 2 is 2.35 bits per heavy atom. The average Bonchev–Trinajstić information content (AvgIpc) is 2.77. The van der Waals surface area contributed by atoms with E-state index in [0.29, 0.717) is 11.6 Å². The fraction of sp³-hybridized carbons (Fsp3) is 0.600. The monoisotopic (exact) mass is 254 g/mol. The van der Waals surface area contributed by atoms with E-state index in [0.717, 1.165) is 5.01 Å². The summed E-state index contributed by atoms with van der Waals surface area (Å²) in [5.41, 5.74) is 0. The van der Waals surface area contributed by atoms with Crippen LogP contribution < -0.4 is 0 Å². The molecule has 0 fully saturated rings. The number of hydrogen-bond donors (Lipinski definition) is 0. The van der Waals surface area contributed by atoms with Crippen LogP contribution in [0.5, 0.6) is 0 Å². The summed E-state index contributed by atoms with van der Waals surface area (Å²) in [6, 6.07) is 0. The van der Waals surface area contributed by atoms with Gasteiger partial charge in [-0.3, -0.25) is 4.79 Å². The molecule has 0 saturated carbocycles. The van der Waals surface area contributed by atoms with Crippen molar-refractivity contribution in [1.82, 2.24) is 19.8 Å². The van der Waals surface area contributed by atoms with Crippen LogP contribution >= 0.6 is 11.3 Å². The zero-order valence-electron chi connectivity index (χ0n) is 9.95. The van der Waals surface area contributed by atoms with E-state index in [2.05, 4.69) is 15.3 Å². The molecule has 0 saturated heterocycles. The summed E-state index contributed by atoms with van der Waals surface area (Å²) in [6.07, 6.45) is 1.53. The second-order valence-electron chi connectivity index (χ2n) is 3.97. The van der Waals surface area contributed by atoms with Crippen molar-refractivity contribution in [2.75, 3.05) is 6.61 Å². The maximum atomic E-state index is 11.9. The summed E-state index contributed by atoms with van der Waals surface area (Å²) in [5.74, 6) is -0.424. The minimum Gasteiger partial charge on any atom is -0.465 e. The normalized spacial score (nSPS) is 13.2. The van der Waals surface area contributed by atoms with E-state index in [1.165, 1.54) is 17.7 Å². The van der Waals surface area contributed by atoms with Crippen molar-refractivity contribution in [3.63, 3.8) is 0 Å². The molecule has 0 N–H and O–H groups in total. The van der Waals surface area contributed by atoms with Gasteiger partial charge in [0.1, 0.15) is 17.3 Å². The third kappa shape index (κ3) is 2.28. The third-order valence-corrected chi connectivity index (χ3v) is 3.37. The minimum atomic E-state index is -0.332. The van der Waals surface area contributed by atoms with Crippen LogP contribution in [0, 0.1) is 5.92 Å². The summed E-state index contributed by atoms with van der Waals surface area (Å²) < 4.78 is 6.65. The predicted octanol–water partition coefficient (Wildman–Crippen LogP) is 1.49.